The molecule has 1 fully saturated rings. The van der Waals surface area contributed by atoms with Crippen LogP contribution in [0, 0.1) is 11.7 Å². The monoisotopic (exact) mass is 566 g/mol. The van der Waals surface area contributed by atoms with E-state index in [-0.39, 0.29) is 15.6 Å². The number of halogens is 1. The van der Waals surface area contributed by atoms with Crippen molar-refractivity contribution in [3.8, 4) is 5.75 Å². The lowest BCUT2D eigenvalue weighted by Crippen LogP contribution is -2.37. The van der Waals surface area contributed by atoms with Crippen molar-refractivity contribution < 1.29 is 22.3 Å². The maximum atomic E-state index is 13.8. The minimum atomic E-state index is -3.65. The molecule has 39 heavy (non-hydrogen) atoms. The fourth-order valence-corrected chi connectivity index (χ4v) is 6.66. The molecule has 0 bridgehead atoms. The van der Waals surface area contributed by atoms with Gasteiger partial charge in [-0.2, -0.15) is 14.4 Å². The fourth-order valence-electron chi connectivity index (χ4n) is 4.25. The highest BCUT2D eigenvalue weighted by molar-refractivity contribution is 7.89. The van der Waals surface area contributed by atoms with Gasteiger partial charge in [-0.3, -0.25) is 4.79 Å². The smallest absolute Gasteiger partial charge is 0.280 e. The SMILES string of the molecule is COc1ccc(/C=N/N(C(=O)c2ccc(S(=O)(=O)N3CCC(C)CC3)cc2)c2nc3ccc(F)cc3s2)cc1. The number of methoxy groups -OCH3 is 1. The molecule has 8 nitrogen and oxygen atoms in total. The Morgan fingerprint density at radius 1 is 1.10 bits per heavy atom. The van der Waals surface area contributed by atoms with E-state index in [1.165, 1.54) is 46.9 Å². The maximum absolute atomic E-state index is 13.8. The third-order valence-corrected chi connectivity index (χ3v) is 9.54. The van der Waals surface area contributed by atoms with Gasteiger partial charge in [-0.05, 0) is 91.1 Å². The van der Waals surface area contributed by atoms with Gasteiger partial charge >= 0.3 is 0 Å². The fraction of sp³-hybridized carbons (Fsp3) is 0.250. The molecular formula is C28H27FN4O4S2. The largest absolute Gasteiger partial charge is 0.497 e. The second-order valence-electron chi connectivity index (χ2n) is 9.35. The molecular weight excluding hydrogens is 539 g/mol. The Bertz CT molecular complexity index is 1610. The molecule has 0 spiro atoms. The molecule has 3 aromatic carbocycles. The summed E-state index contributed by atoms with van der Waals surface area (Å²) < 4.78 is 47.3. The van der Waals surface area contributed by atoms with Crippen LogP contribution in [0.5, 0.6) is 5.75 Å². The van der Waals surface area contributed by atoms with Gasteiger partial charge in [0.05, 0.1) is 28.4 Å². The van der Waals surface area contributed by atoms with Crippen molar-refractivity contribution in [3.05, 3.63) is 83.7 Å². The summed E-state index contributed by atoms with van der Waals surface area (Å²) >= 11 is 1.13. The molecule has 0 saturated carbocycles. The highest BCUT2D eigenvalue weighted by Gasteiger charge is 2.29. The van der Waals surface area contributed by atoms with Crippen LogP contribution in [-0.2, 0) is 10.0 Å². The van der Waals surface area contributed by atoms with Crippen LogP contribution < -0.4 is 9.75 Å². The first-order valence-corrected chi connectivity index (χ1v) is 14.7. The average molecular weight is 567 g/mol. The lowest BCUT2D eigenvalue weighted by Gasteiger charge is -2.29. The molecule has 1 aliphatic rings. The predicted molar refractivity (Wildman–Crippen MR) is 151 cm³/mol. The van der Waals surface area contributed by atoms with Crippen molar-refractivity contribution in [2.75, 3.05) is 25.2 Å². The van der Waals surface area contributed by atoms with Gasteiger partial charge in [-0.25, -0.2) is 17.8 Å². The van der Waals surface area contributed by atoms with Crippen molar-refractivity contribution in [3.63, 3.8) is 0 Å². The zero-order chi connectivity index (χ0) is 27.6. The number of rotatable bonds is 7. The first-order chi connectivity index (χ1) is 18.7. The van der Waals surface area contributed by atoms with Gasteiger partial charge in [0.2, 0.25) is 15.2 Å². The molecule has 0 N–H and O–H groups in total. The molecule has 0 atom stereocenters. The number of amides is 1. The van der Waals surface area contributed by atoms with Crippen molar-refractivity contribution in [1.82, 2.24) is 9.29 Å². The Hall–Kier alpha value is -3.67. The summed E-state index contributed by atoms with van der Waals surface area (Å²) in [6, 6.07) is 17.2. The van der Waals surface area contributed by atoms with Crippen LogP contribution in [-0.4, -0.2) is 50.0 Å². The van der Waals surface area contributed by atoms with E-state index in [2.05, 4.69) is 17.0 Å². The predicted octanol–water partition coefficient (Wildman–Crippen LogP) is 5.55. The van der Waals surface area contributed by atoms with Crippen molar-refractivity contribution in [2.45, 2.75) is 24.7 Å². The van der Waals surface area contributed by atoms with E-state index in [1.54, 1.807) is 37.4 Å². The third-order valence-electron chi connectivity index (χ3n) is 6.63. The Morgan fingerprint density at radius 3 is 2.46 bits per heavy atom. The Labute approximate surface area is 230 Å². The molecule has 0 radical (unpaired) electrons. The van der Waals surface area contributed by atoms with Crippen LogP contribution in [0.3, 0.4) is 0 Å². The lowest BCUT2D eigenvalue weighted by atomic mass is 10.0. The van der Waals surface area contributed by atoms with E-state index < -0.39 is 21.7 Å². The Balaban J connectivity index is 1.45. The third kappa shape index (κ3) is 5.85. The van der Waals surface area contributed by atoms with Gasteiger partial charge in [-0.15, -0.1) is 0 Å². The number of thiazole rings is 1. The number of aromatic nitrogens is 1. The number of nitrogens with zero attached hydrogens (tertiary/aromatic N) is 4. The van der Waals surface area contributed by atoms with E-state index in [4.69, 9.17) is 4.74 Å². The van der Waals surface area contributed by atoms with E-state index >= 15 is 0 Å². The van der Waals surface area contributed by atoms with Crippen LogP contribution in [0.25, 0.3) is 10.2 Å². The second-order valence-corrected chi connectivity index (χ2v) is 12.3. The number of hydrazone groups is 1. The second kappa shape index (κ2) is 11.2. The Morgan fingerprint density at radius 2 is 1.79 bits per heavy atom. The molecule has 1 amide bonds. The molecule has 1 aromatic heterocycles. The van der Waals surface area contributed by atoms with E-state index in [9.17, 15) is 17.6 Å². The molecule has 5 rings (SSSR count). The first-order valence-electron chi connectivity index (χ1n) is 12.4. The highest BCUT2D eigenvalue weighted by atomic mass is 32.2. The number of fused-ring (bicyclic) bond motifs is 1. The number of ether oxygens (including phenoxy) is 1. The van der Waals surface area contributed by atoms with Crippen LogP contribution >= 0.6 is 11.3 Å². The minimum Gasteiger partial charge on any atom is -0.497 e. The Kier molecular flexibility index (Phi) is 7.74. The normalized spacial score (nSPS) is 15.2. The van der Waals surface area contributed by atoms with Gasteiger partial charge in [0.1, 0.15) is 11.6 Å². The highest BCUT2D eigenvalue weighted by Crippen LogP contribution is 2.31. The molecule has 1 saturated heterocycles. The summed E-state index contributed by atoms with van der Waals surface area (Å²) in [5.41, 5.74) is 1.49. The number of piperidine rings is 1. The number of anilines is 1. The molecule has 202 valence electrons. The molecule has 2 heterocycles. The molecule has 4 aromatic rings. The molecule has 0 aliphatic carbocycles. The number of sulfonamides is 1. The summed E-state index contributed by atoms with van der Waals surface area (Å²) in [5, 5.41) is 5.81. The summed E-state index contributed by atoms with van der Waals surface area (Å²) in [5.74, 6) is 0.273. The maximum Gasteiger partial charge on any atom is 0.280 e. The quantitative estimate of drug-likeness (QED) is 0.216. The standard InChI is InChI=1S/C28H27FN4O4S2/c1-19-13-15-32(16-14-19)39(35,36)24-10-5-21(6-11-24)27(34)33(30-18-20-3-8-23(37-2)9-4-20)28-31-25-12-7-22(29)17-26(25)38-28/h3-12,17-19H,13-16H2,1-2H3/b30-18+. The summed E-state index contributed by atoms with van der Waals surface area (Å²) in [7, 11) is -2.08. The zero-order valence-corrected chi connectivity index (χ0v) is 23.1. The van der Waals surface area contributed by atoms with Gasteiger partial charge in [0.25, 0.3) is 5.91 Å². The van der Waals surface area contributed by atoms with Gasteiger partial charge < -0.3 is 4.74 Å². The lowest BCUT2D eigenvalue weighted by molar-refractivity contribution is 0.0987. The average Bonchev–Trinajstić information content (AvgIpc) is 3.36. The van der Waals surface area contributed by atoms with Crippen LogP contribution in [0.2, 0.25) is 0 Å². The summed E-state index contributed by atoms with van der Waals surface area (Å²) in [6.45, 7) is 3.08. The zero-order valence-electron chi connectivity index (χ0n) is 21.5. The van der Waals surface area contributed by atoms with Crippen molar-refractivity contribution in [2.24, 2.45) is 11.0 Å². The molecule has 11 heteroatoms. The first kappa shape index (κ1) is 26.9. The number of hydrogen-bond acceptors (Lipinski definition) is 7. The van der Waals surface area contributed by atoms with Crippen LogP contribution in [0.15, 0.2) is 76.7 Å². The number of carbonyl (C=O) groups is 1. The van der Waals surface area contributed by atoms with Crippen LogP contribution in [0.1, 0.15) is 35.7 Å². The van der Waals surface area contributed by atoms with Gasteiger partial charge in [0.15, 0.2) is 0 Å². The molecule has 1 aliphatic heterocycles. The van der Waals surface area contributed by atoms with Crippen molar-refractivity contribution in [1.29, 1.82) is 0 Å². The number of carbonyl (C=O) groups excluding carboxylic acids is 1. The van der Waals surface area contributed by atoms with Crippen LogP contribution in [0.4, 0.5) is 9.52 Å². The van der Waals surface area contributed by atoms with E-state index in [0.717, 1.165) is 34.8 Å². The topological polar surface area (TPSA) is 92.2 Å². The van der Waals surface area contributed by atoms with Gasteiger partial charge in [0, 0.05) is 18.7 Å². The summed E-state index contributed by atoms with van der Waals surface area (Å²) in [4.78, 5) is 18.3. The van der Waals surface area contributed by atoms with Gasteiger partial charge in [-0.1, -0.05) is 18.3 Å². The number of hydrogen-bond donors (Lipinski definition) is 0. The summed E-state index contributed by atoms with van der Waals surface area (Å²) in [6.07, 6.45) is 3.16. The van der Waals surface area contributed by atoms with E-state index in [1.807, 2.05) is 0 Å². The number of benzene rings is 3. The van der Waals surface area contributed by atoms with Crippen molar-refractivity contribution >= 4 is 48.8 Å². The molecule has 0 unspecified atom stereocenters. The van der Waals surface area contributed by atoms with E-state index in [0.29, 0.717) is 35.0 Å². The minimum absolute atomic E-state index is 0.136.